The molecule has 0 unspecified atom stereocenters. The minimum atomic E-state index is -0.438. The molecule has 1 aliphatic carbocycles. The van der Waals surface area contributed by atoms with Crippen LogP contribution in [-0.4, -0.2) is 11.1 Å². The van der Waals surface area contributed by atoms with Crippen molar-refractivity contribution >= 4 is 23.3 Å². The van der Waals surface area contributed by atoms with Crippen molar-refractivity contribution in [1.29, 1.82) is 0 Å². The predicted octanol–water partition coefficient (Wildman–Crippen LogP) is 2.95. The summed E-state index contributed by atoms with van der Waals surface area (Å²) in [7, 11) is 0. The molecule has 90 valence electrons. The summed E-state index contributed by atoms with van der Waals surface area (Å²) in [4.78, 5) is 11.7. The number of halogens is 1. The quantitative estimate of drug-likeness (QED) is 0.665. The molecule has 1 spiro atoms. The summed E-state index contributed by atoms with van der Waals surface area (Å²) in [6.07, 6.45) is 3.79. The van der Waals surface area contributed by atoms with Crippen LogP contribution in [0.15, 0.2) is 12.1 Å². The van der Waals surface area contributed by atoms with Crippen molar-refractivity contribution in [3.05, 3.63) is 22.7 Å². The summed E-state index contributed by atoms with van der Waals surface area (Å²) in [6, 6.07) is 2.94. The number of anilines is 1. The molecule has 4 nitrogen and oxygen atoms in total. The molecular formula is C12H13ClN2O2. The first-order valence-electron chi connectivity index (χ1n) is 5.73. The molecule has 3 N–H and O–H groups in total. The largest absolute Gasteiger partial charge is 0.507 e. The van der Waals surface area contributed by atoms with Crippen molar-refractivity contribution in [1.82, 2.24) is 5.32 Å². The minimum Gasteiger partial charge on any atom is -0.507 e. The maximum atomic E-state index is 11.7. The number of phenolic OH excluding ortho intramolecular Hbond substituents is 1. The van der Waals surface area contributed by atoms with E-state index in [9.17, 15) is 9.90 Å². The number of carbonyl (C=O) groups excluding carboxylic acids is 1. The van der Waals surface area contributed by atoms with Gasteiger partial charge in [0.25, 0.3) is 0 Å². The number of carbonyl (C=O) groups is 1. The third-order valence-corrected chi connectivity index (χ3v) is 3.97. The van der Waals surface area contributed by atoms with Crippen molar-refractivity contribution in [2.75, 3.05) is 5.32 Å². The zero-order valence-corrected chi connectivity index (χ0v) is 9.97. The molecule has 0 radical (unpaired) electrons. The first-order chi connectivity index (χ1) is 8.12. The lowest BCUT2D eigenvalue weighted by molar-refractivity contribution is 0.232. The molecule has 0 saturated heterocycles. The third kappa shape index (κ3) is 1.47. The zero-order valence-electron chi connectivity index (χ0n) is 9.22. The number of nitrogens with one attached hydrogen (secondary N) is 2. The van der Waals surface area contributed by atoms with E-state index in [1.165, 1.54) is 0 Å². The Labute approximate surface area is 104 Å². The molecule has 0 bridgehead atoms. The van der Waals surface area contributed by atoms with Crippen molar-refractivity contribution in [3.63, 3.8) is 0 Å². The van der Waals surface area contributed by atoms with Gasteiger partial charge in [0, 0.05) is 5.56 Å². The summed E-state index contributed by atoms with van der Waals surface area (Å²) in [5, 5.41) is 16.1. The number of hydrogen-bond acceptors (Lipinski definition) is 2. The fraction of sp³-hybridized carbons (Fsp3) is 0.417. The normalized spacial score (nSPS) is 20.9. The second kappa shape index (κ2) is 3.53. The van der Waals surface area contributed by atoms with Gasteiger partial charge in [0.05, 0.1) is 16.2 Å². The van der Waals surface area contributed by atoms with Crippen LogP contribution in [0.25, 0.3) is 0 Å². The Morgan fingerprint density at radius 2 is 2.00 bits per heavy atom. The third-order valence-electron chi connectivity index (χ3n) is 3.66. The van der Waals surface area contributed by atoms with E-state index >= 15 is 0 Å². The number of aromatic hydroxyl groups is 1. The Hall–Kier alpha value is -1.42. The first kappa shape index (κ1) is 10.7. The molecule has 3 rings (SSSR count). The summed E-state index contributed by atoms with van der Waals surface area (Å²) >= 11 is 6.09. The van der Waals surface area contributed by atoms with E-state index in [1.54, 1.807) is 12.1 Å². The monoisotopic (exact) mass is 252 g/mol. The van der Waals surface area contributed by atoms with Gasteiger partial charge in [-0.25, -0.2) is 4.79 Å². The van der Waals surface area contributed by atoms with E-state index in [-0.39, 0.29) is 11.8 Å². The van der Waals surface area contributed by atoms with Crippen molar-refractivity contribution < 1.29 is 9.90 Å². The smallest absolute Gasteiger partial charge is 0.319 e. The fourth-order valence-corrected chi connectivity index (χ4v) is 3.16. The van der Waals surface area contributed by atoms with Gasteiger partial charge >= 0.3 is 6.03 Å². The van der Waals surface area contributed by atoms with Crippen LogP contribution in [0.1, 0.15) is 31.2 Å². The summed E-state index contributed by atoms with van der Waals surface area (Å²) in [5.74, 6) is 0.193. The molecule has 1 saturated carbocycles. The number of urea groups is 1. The van der Waals surface area contributed by atoms with Crippen LogP contribution < -0.4 is 10.6 Å². The number of benzene rings is 1. The predicted molar refractivity (Wildman–Crippen MR) is 65.4 cm³/mol. The van der Waals surface area contributed by atoms with E-state index in [1.807, 2.05) is 0 Å². The highest BCUT2D eigenvalue weighted by Crippen LogP contribution is 2.49. The lowest BCUT2D eigenvalue weighted by atomic mass is 9.85. The van der Waals surface area contributed by atoms with Gasteiger partial charge in [-0.1, -0.05) is 24.4 Å². The van der Waals surface area contributed by atoms with E-state index in [4.69, 9.17) is 11.6 Å². The molecule has 1 aromatic rings. The van der Waals surface area contributed by atoms with Crippen LogP contribution in [0, 0.1) is 0 Å². The molecule has 0 atom stereocenters. The Bertz CT molecular complexity index is 496. The van der Waals surface area contributed by atoms with Crippen molar-refractivity contribution in [2.24, 2.45) is 0 Å². The van der Waals surface area contributed by atoms with E-state index in [2.05, 4.69) is 10.6 Å². The van der Waals surface area contributed by atoms with Gasteiger partial charge in [0.15, 0.2) is 0 Å². The van der Waals surface area contributed by atoms with E-state index in [0.717, 1.165) is 31.2 Å². The van der Waals surface area contributed by atoms with E-state index in [0.29, 0.717) is 10.7 Å². The average molecular weight is 253 g/mol. The Morgan fingerprint density at radius 3 is 2.71 bits per heavy atom. The average Bonchev–Trinajstić information content (AvgIpc) is 2.72. The van der Waals surface area contributed by atoms with E-state index < -0.39 is 5.54 Å². The number of fused-ring (bicyclic) bond motifs is 2. The maximum Gasteiger partial charge on any atom is 0.319 e. The molecular weight excluding hydrogens is 240 g/mol. The SMILES string of the molecule is O=C1Nc2c(Cl)ccc(O)c2C2(CCCC2)N1. The van der Waals surface area contributed by atoms with Crippen molar-refractivity contribution in [3.8, 4) is 5.75 Å². The Morgan fingerprint density at radius 1 is 1.29 bits per heavy atom. The highest BCUT2D eigenvalue weighted by molar-refractivity contribution is 6.34. The second-order valence-electron chi connectivity index (χ2n) is 4.68. The minimum absolute atomic E-state index is 0.193. The molecule has 2 amide bonds. The highest BCUT2D eigenvalue weighted by Gasteiger charge is 2.44. The number of amides is 2. The second-order valence-corrected chi connectivity index (χ2v) is 5.09. The fourth-order valence-electron chi connectivity index (χ4n) is 2.95. The number of rotatable bonds is 0. The van der Waals surface area contributed by atoms with Gasteiger partial charge in [0.1, 0.15) is 5.75 Å². The van der Waals surface area contributed by atoms with Crippen molar-refractivity contribution in [2.45, 2.75) is 31.2 Å². The number of phenols is 1. The zero-order chi connectivity index (χ0) is 12.0. The Balaban J connectivity index is 2.24. The van der Waals surface area contributed by atoms with Crippen LogP contribution >= 0.6 is 11.6 Å². The molecule has 1 aromatic carbocycles. The molecule has 1 heterocycles. The molecule has 17 heavy (non-hydrogen) atoms. The van der Waals surface area contributed by atoms with Gasteiger partial charge in [-0.3, -0.25) is 0 Å². The van der Waals surface area contributed by atoms with Gasteiger partial charge in [-0.05, 0) is 25.0 Å². The maximum absolute atomic E-state index is 11.7. The molecule has 0 aromatic heterocycles. The lowest BCUT2D eigenvalue weighted by Gasteiger charge is -2.37. The summed E-state index contributed by atoms with van der Waals surface area (Å²) < 4.78 is 0. The van der Waals surface area contributed by atoms with Crippen LogP contribution in [-0.2, 0) is 5.54 Å². The van der Waals surface area contributed by atoms with Crippen LogP contribution in [0.4, 0.5) is 10.5 Å². The first-order valence-corrected chi connectivity index (χ1v) is 6.11. The molecule has 1 fully saturated rings. The van der Waals surface area contributed by atoms with Gasteiger partial charge in [-0.15, -0.1) is 0 Å². The standard InChI is InChI=1S/C12H13ClN2O2/c13-7-3-4-8(16)9-10(7)14-11(17)15-12(9)5-1-2-6-12/h3-4,16H,1-2,5-6H2,(H2,14,15,17). The summed E-state index contributed by atoms with van der Waals surface area (Å²) in [5.41, 5.74) is 0.853. The van der Waals surface area contributed by atoms with Gasteiger partial charge in [-0.2, -0.15) is 0 Å². The molecule has 1 aliphatic heterocycles. The van der Waals surface area contributed by atoms with Gasteiger partial charge in [0.2, 0.25) is 0 Å². The lowest BCUT2D eigenvalue weighted by Crippen LogP contribution is -2.50. The molecule has 2 aliphatic rings. The molecule has 5 heteroatoms. The topological polar surface area (TPSA) is 61.4 Å². The van der Waals surface area contributed by atoms with Crippen LogP contribution in [0.3, 0.4) is 0 Å². The highest BCUT2D eigenvalue weighted by atomic mass is 35.5. The van der Waals surface area contributed by atoms with Crippen LogP contribution in [0.5, 0.6) is 5.75 Å². The number of hydrogen-bond donors (Lipinski definition) is 3. The van der Waals surface area contributed by atoms with Gasteiger partial charge < -0.3 is 15.7 Å². The Kier molecular flexibility index (Phi) is 2.23. The van der Waals surface area contributed by atoms with Crippen LogP contribution in [0.2, 0.25) is 5.02 Å². The summed E-state index contributed by atoms with van der Waals surface area (Å²) in [6.45, 7) is 0.